The van der Waals surface area contributed by atoms with Crippen LogP contribution in [0.15, 0.2) is 18.2 Å². The second-order valence-corrected chi connectivity index (χ2v) is 4.56. The van der Waals surface area contributed by atoms with Crippen molar-refractivity contribution in [2.45, 2.75) is 13.0 Å². The number of hydrogen-bond acceptors (Lipinski definition) is 4. The van der Waals surface area contributed by atoms with E-state index in [0.717, 1.165) is 0 Å². The van der Waals surface area contributed by atoms with Crippen molar-refractivity contribution in [3.8, 4) is 11.5 Å². The monoisotopic (exact) mass is 264 g/mol. The summed E-state index contributed by atoms with van der Waals surface area (Å²) in [7, 11) is 0. The predicted octanol–water partition coefficient (Wildman–Crippen LogP) is 1.07. The molecule has 0 spiro atoms. The van der Waals surface area contributed by atoms with Crippen molar-refractivity contribution in [1.82, 2.24) is 5.32 Å². The highest BCUT2D eigenvalue weighted by Crippen LogP contribution is 2.34. The Morgan fingerprint density at radius 1 is 1.33 bits per heavy atom. The summed E-state index contributed by atoms with van der Waals surface area (Å²) in [4.78, 5) is 13.5. The van der Waals surface area contributed by atoms with Crippen molar-refractivity contribution >= 4 is 28.9 Å². The van der Waals surface area contributed by atoms with Crippen LogP contribution in [-0.4, -0.2) is 30.3 Å². The summed E-state index contributed by atoms with van der Waals surface area (Å²) in [5.74, 6) is 1.29. The summed E-state index contributed by atoms with van der Waals surface area (Å²) in [5, 5.41) is 3.35. The van der Waals surface area contributed by atoms with Gasteiger partial charge >= 0.3 is 0 Å². The molecule has 1 atom stereocenters. The van der Waals surface area contributed by atoms with Crippen molar-refractivity contribution in [2.75, 3.05) is 18.1 Å². The lowest BCUT2D eigenvalue weighted by Gasteiger charge is -2.21. The third kappa shape index (κ3) is 1.69. The Morgan fingerprint density at radius 2 is 2.06 bits per heavy atom. The number of nitrogens with one attached hydrogen (secondary N) is 1. The van der Waals surface area contributed by atoms with Crippen molar-refractivity contribution in [1.29, 1.82) is 0 Å². The van der Waals surface area contributed by atoms with Gasteiger partial charge in [0.15, 0.2) is 16.6 Å². The van der Waals surface area contributed by atoms with E-state index < -0.39 is 0 Å². The molecular formula is C12H12N2O3S. The molecule has 2 aliphatic heterocycles. The molecule has 0 aliphatic carbocycles. The molecule has 2 heterocycles. The van der Waals surface area contributed by atoms with Gasteiger partial charge in [-0.05, 0) is 31.3 Å². The van der Waals surface area contributed by atoms with E-state index in [1.807, 2.05) is 0 Å². The largest absolute Gasteiger partial charge is 0.486 e. The van der Waals surface area contributed by atoms with Crippen LogP contribution in [-0.2, 0) is 4.79 Å². The molecule has 0 aromatic heterocycles. The number of amides is 1. The minimum atomic E-state index is -0.286. The molecule has 5 nitrogen and oxygen atoms in total. The standard InChI is InChI=1S/C12H12N2O3S/c1-7-11(15)14(12(18)13-7)8-2-3-9-10(6-8)17-5-4-16-9/h2-3,6-7H,4-5H2,1H3,(H,13,18)/t7-/m0/s1. The Labute approximate surface area is 110 Å². The van der Waals surface area contributed by atoms with Crippen molar-refractivity contribution in [3.63, 3.8) is 0 Å². The fourth-order valence-corrected chi connectivity index (χ4v) is 2.39. The first-order chi connectivity index (χ1) is 8.66. The molecule has 1 saturated heterocycles. The van der Waals surface area contributed by atoms with Crippen LogP contribution in [0.2, 0.25) is 0 Å². The zero-order valence-corrected chi connectivity index (χ0v) is 10.6. The van der Waals surface area contributed by atoms with Gasteiger partial charge in [-0.2, -0.15) is 0 Å². The summed E-state index contributed by atoms with van der Waals surface area (Å²) in [5.41, 5.74) is 0.700. The van der Waals surface area contributed by atoms with E-state index in [9.17, 15) is 4.79 Å². The van der Waals surface area contributed by atoms with Crippen molar-refractivity contribution in [3.05, 3.63) is 18.2 Å². The summed E-state index contributed by atoms with van der Waals surface area (Å²) in [6.45, 7) is 2.85. The van der Waals surface area contributed by atoms with Crippen LogP contribution in [0.25, 0.3) is 0 Å². The summed E-state index contributed by atoms with van der Waals surface area (Å²) in [6.07, 6.45) is 0. The topological polar surface area (TPSA) is 50.8 Å². The van der Waals surface area contributed by atoms with Gasteiger partial charge in [0.05, 0.1) is 5.69 Å². The average molecular weight is 264 g/mol. The maximum Gasteiger partial charge on any atom is 0.255 e. The Kier molecular flexibility index (Phi) is 2.59. The maximum atomic E-state index is 12.0. The van der Waals surface area contributed by atoms with Crippen LogP contribution < -0.4 is 19.7 Å². The molecule has 1 aromatic carbocycles. The van der Waals surface area contributed by atoms with E-state index in [4.69, 9.17) is 21.7 Å². The third-order valence-corrected chi connectivity index (χ3v) is 3.22. The number of hydrogen-bond donors (Lipinski definition) is 1. The van der Waals surface area contributed by atoms with E-state index in [2.05, 4.69) is 5.32 Å². The second kappa shape index (κ2) is 4.13. The van der Waals surface area contributed by atoms with Gasteiger partial charge in [0.1, 0.15) is 19.3 Å². The van der Waals surface area contributed by atoms with Crippen LogP contribution in [0.3, 0.4) is 0 Å². The first-order valence-electron chi connectivity index (χ1n) is 5.71. The summed E-state index contributed by atoms with van der Waals surface area (Å²) >= 11 is 5.15. The van der Waals surface area contributed by atoms with Crippen LogP contribution >= 0.6 is 12.2 Å². The maximum absolute atomic E-state index is 12.0. The number of thiocarbonyl (C=S) groups is 1. The number of anilines is 1. The minimum absolute atomic E-state index is 0.0586. The number of nitrogens with zero attached hydrogens (tertiary/aromatic N) is 1. The number of rotatable bonds is 1. The number of ether oxygens (including phenoxy) is 2. The molecule has 94 valence electrons. The summed E-state index contributed by atoms with van der Waals surface area (Å²) in [6, 6.07) is 5.09. The number of carbonyl (C=O) groups is 1. The molecule has 0 radical (unpaired) electrons. The Balaban J connectivity index is 1.97. The number of benzene rings is 1. The first kappa shape index (κ1) is 11.3. The van der Waals surface area contributed by atoms with Gasteiger partial charge in [-0.1, -0.05) is 0 Å². The molecular weight excluding hydrogens is 252 g/mol. The zero-order valence-electron chi connectivity index (χ0n) is 9.80. The second-order valence-electron chi connectivity index (χ2n) is 4.17. The number of fused-ring (bicyclic) bond motifs is 1. The van der Waals surface area contributed by atoms with E-state index in [-0.39, 0.29) is 11.9 Å². The SMILES string of the molecule is C[C@@H]1NC(=S)N(c2ccc3c(c2)OCCO3)C1=O. The predicted molar refractivity (Wildman–Crippen MR) is 70.1 cm³/mol. The fourth-order valence-electron chi connectivity index (χ4n) is 2.02. The molecule has 0 unspecified atom stereocenters. The highest BCUT2D eigenvalue weighted by molar-refractivity contribution is 7.80. The highest BCUT2D eigenvalue weighted by Gasteiger charge is 2.33. The smallest absolute Gasteiger partial charge is 0.255 e. The lowest BCUT2D eigenvalue weighted by molar-refractivity contribution is -0.117. The molecule has 1 N–H and O–H groups in total. The lowest BCUT2D eigenvalue weighted by atomic mass is 10.2. The molecule has 6 heteroatoms. The average Bonchev–Trinajstić information content (AvgIpc) is 2.63. The first-order valence-corrected chi connectivity index (χ1v) is 6.12. The fraction of sp³-hybridized carbons (Fsp3) is 0.333. The molecule has 1 amide bonds. The normalized spacial score (nSPS) is 22.1. The van der Waals surface area contributed by atoms with Gasteiger partial charge in [0, 0.05) is 6.07 Å². The van der Waals surface area contributed by atoms with Gasteiger partial charge in [-0.25, -0.2) is 0 Å². The van der Waals surface area contributed by atoms with Gasteiger partial charge in [-0.15, -0.1) is 0 Å². The quantitative estimate of drug-likeness (QED) is 0.769. The van der Waals surface area contributed by atoms with Gasteiger partial charge < -0.3 is 14.8 Å². The van der Waals surface area contributed by atoms with E-state index in [1.54, 1.807) is 25.1 Å². The lowest BCUT2D eigenvalue weighted by Crippen LogP contribution is -2.30. The highest BCUT2D eigenvalue weighted by atomic mass is 32.1. The molecule has 18 heavy (non-hydrogen) atoms. The van der Waals surface area contributed by atoms with Gasteiger partial charge in [-0.3, -0.25) is 9.69 Å². The van der Waals surface area contributed by atoms with Crippen LogP contribution in [0.5, 0.6) is 11.5 Å². The Morgan fingerprint density at radius 3 is 2.72 bits per heavy atom. The van der Waals surface area contributed by atoms with Crippen LogP contribution in [0, 0.1) is 0 Å². The van der Waals surface area contributed by atoms with Gasteiger partial charge in [0.2, 0.25) is 0 Å². The van der Waals surface area contributed by atoms with Crippen molar-refractivity contribution in [2.24, 2.45) is 0 Å². The van der Waals surface area contributed by atoms with E-state index in [1.165, 1.54) is 4.90 Å². The Hall–Kier alpha value is -1.82. The molecule has 0 bridgehead atoms. The molecule has 1 fully saturated rings. The van der Waals surface area contributed by atoms with E-state index >= 15 is 0 Å². The third-order valence-electron chi connectivity index (χ3n) is 2.92. The zero-order chi connectivity index (χ0) is 12.7. The molecule has 0 saturated carbocycles. The van der Waals surface area contributed by atoms with E-state index in [0.29, 0.717) is 35.5 Å². The molecule has 2 aliphatic rings. The number of carbonyl (C=O) groups excluding carboxylic acids is 1. The molecule has 1 aromatic rings. The van der Waals surface area contributed by atoms with Crippen LogP contribution in [0.4, 0.5) is 5.69 Å². The molecule has 3 rings (SSSR count). The van der Waals surface area contributed by atoms with Crippen LogP contribution in [0.1, 0.15) is 6.92 Å². The van der Waals surface area contributed by atoms with Crippen molar-refractivity contribution < 1.29 is 14.3 Å². The van der Waals surface area contributed by atoms with Gasteiger partial charge in [0.25, 0.3) is 5.91 Å². The summed E-state index contributed by atoms with van der Waals surface area (Å²) < 4.78 is 10.9. The Bertz CT molecular complexity index is 532. The minimum Gasteiger partial charge on any atom is -0.486 e.